The molecule has 2 nitrogen and oxygen atoms in total. The Labute approximate surface area is 104 Å². The van der Waals surface area contributed by atoms with E-state index in [0.29, 0.717) is 0 Å². The van der Waals surface area contributed by atoms with E-state index >= 15 is 0 Å². The molecule has 1 heterocycles. The highest BCUT2D eigenvalue weighted by molar-refractivity contribution is 14.0. The summed E-state index contributed by atoms with van der Waals surface area (Å²) in [5.74, 6) is 0. The molecule has 0 bridgehead atoms. The summed E-state index contributed by atoms with van der Waals surface area (Å²) in [6, 6.07) is 5.73. The summed E-state index contributed by atoms with van der Waals surface area (Å²) in [5.41, 5.74) is 6.06. The number of aromatic nitrogens is 1. The number of hydrogen-bond acceptors (Lipinski definition) is 2. The molecule has 80 valence electrons. The summed E-state index contributed by atoms with van der Waals surface area (Å²) in [7, 11) is 0. The van der Waals surface area contributed by atoms with E-state index in [1.807, 2.05) is 18.2 Å². The van der Waals surface area contributed by atoms with E-state index < -0.39 is 0 Å². The Morgan fingerprint density at radius 2 is 2.21 bits per heavy atom. The molecule has 0 aliphatic rings. The van der Waals surface area contributed by atoms with Crippen LogP contribution in [0.15, 0.2) is 31.0 Å². The first-order chi connectivity index (χ1) is 6.35. The SMILES string of the molecule is C=Cc1ccccn1.CCCCN.I. The fourth-order valence-corrected chi connectivity index (χ4v) is 0.701. The zero-order chi connectivity index (χ0) is 9.94. The molecule has 0 atom stereocenters. The Morgan fingerprint density at radius 3 is 2.43 bits per heavy atom. The second-order valence-corrected chi connectivity index (χ2v) is 2.60. The van der Waals surface area contributed by atoms with Gasteiger partial charge in [-0.05, 0) is 31.2 Å². The van der Waals surface area contributed by atoms with Crippen LogP contribution < -0.4 is 5.73 Å². The summed E-state index contributed by atoms with van der Waals surface area (Å²) in [6.07, 6.45) is 5.85. The molecule has 0 aromatic carbocycles. The Balaban J connectivity index is 0. The summed E-state index contributed by atoms with van der Waals surface area (Å²) >= 11 is 0. The van der Waals surface area contributed by atoms with Crippen LogP contribution in [0.2, 0.25) is 0 Å². The third kappa shape index (κ3) is 9.67. The van der Waals surface area contributed by atoms with Crippen LogP contribution in [-0.2, 0) is 0 Å². The van der Waals surface area contributed by atoms with E-state index in [4.69, 9.17) is 5.73 Å². The van der Waals surface area contributed by atoms with Gasteiger partial charge in [-0.2, -0.15) is 0 Å². The van der Waals surface area contributed by atoms with Crippen molar-refractivity contribution in [2.45, 2.75) is 19.8 Å². The smallest absolute Gasteiger partial charge is 0.0623 e. The van der Waals surface area contributed by atoms with Gasteiger partial charge in [-0.15, -0.1) is 24.0 Å². The summed E-state index contributed by atoms with van der Waals surface area (Å²) in [4.78, 5) is 3.98. The molecule has 0 saturated carbocycles. The van der Waals surface area contributed by atoms with Gasteiger partial charge in [-0.25, -0.2) is 0 Å². The minimum Gasteiger partial charge on any atom is -0.330 e. The van der Waals surface area contributed by atoms with Crippen LogP contribution in [-0.4, -0.2) is 11.5 Å². The van der Waals surface area contributed by atoms with Gasteiger partial charge in [-0.3, -0.25) is 4.98 Å². The molecule has 0 amide bonds. The first-order valence-corrected chi connectivity index (χ1v) is 4.58. The minimum atomic E-state index is 0. The minimum absolute atomic E-state index is 0. The quantitative estimate of drug-likeness (QED) is 0.872. The van der Waals surface area contributed by atoms with E-state index in [-0.39, 0.29) is 24.0 Å². The number of nitrogens with zero attached hydrogens (tertiary/aromatic N) is 1. The Bertz CT molecular complexity index is 210. The lowest BCUT2D eigenvalue weighted by molar-refractivity contribution is 0.807. The molecule has 1 aromatic heterocycles. The van der Waals surface area contributed by atoms with Gasteiger partial charge in [0.25, 0.3) is 0 Å². The van der Waals surface area contributed by atoms with Crippen molar-refractivity contribution in [1.82, 2.24) is 4.98 Å². The topological polar surface area (TPSA) is 38.9 Å². The second kappa shape index (κ2) is 12.6. The normalized spacial score (nSPS) is 7.86. The maximum absolute atomic E-state index is 5.14. The van der Waals surface area contributed by atoms with Gasteiger partial charge >= 0.3 is 0 Å². The van der Waals surface area contributed by atoms with Gasteiger partial charge < -0.3 is 5.73 Å². The van der Waals surface area contributed by atoms with E-state index in [9.17, 15) is 0 Å². The van der Waals surface area contributed by atoms with Gasteiger partial charge in [-0.1, -0.05) is 26.0 Å². The van der Waals surface area contributed by atoms with Gasteiger partial charge in [0.05, 0.1) is 5.69 Å². The fourth-order valence-electron chi connectivity index (χ4n) is 0.701. The number of unbranched alkanes of at least 4 members (excludes halogenated alkanes) is 1. The van der Waals surface area contributed by atoms with Gasteiger partial charge in [0.1, 0.15) is 0 Å². The molecule has 0 saturated heterocycles. The summed E-state index contributed by atoms with van der Waals surface area (Å²) < 4.78 is 0. The van der Waals surface area contributed by atoms with Crippen LogP contribution in [0.1, 0.15) is 25.5 Å². The average molecular weight is 306 g/mol. The largest absolute Gasteiger partial charge is 0.330 e. The number of rotatable bonds is 3. The maximum atomic E-state index is 5.14. The Kier molecular flexibility index (Phi) is 14.4. The molecule has 2 N–H and O–H groups in total. The molecule has 0 aliphatic carbocycles. The molecule has 14 heavy (non-hydrogen) atoms. The zero-order valence-corrected chi connectivity index (χ0v) is 11.0. The van der Waals surface area contributed by atoms with Crippen molar-refractivity contribution < 1.29 is 0 Å². The average Bonchev–Trinajstić information content (AvgIpc) is 2.21. The van der Waals surface area contributed by atoms with Crippen LogP contribution in [0, 0.1) is 0 Å². The third-order valence-electron chi connectivity index (χ3n) is 1.45. The van der Waals surface area contributed by atoms with Gasteiger partial charge in [0.2, 0.25) is 0 Å². The fraction of sp³-hybridized carbons (Fsp3) is 0.364. The molecule has 0 fully saturated rings. The maximum Gasteiger partial charge on any atom is 0.0623 e. The summed E-state index contributed by atoms with van der Waals surface area (Å²) in [5, 5.41) is 0. The van der Waals surface area contributed by atoms with Crippen molar-refractivity contribution in [3.05, 3.63) is 36.7 Å². The van der Waals surface area contributed by atoms with Crippen molar-refractivity contribution in [2.24, 2.45) is 5.73 Å². The van der Waals surface area contributed by atoms with Crippen LogP contribution >= 0.6 is 24.0 Å². The molecule has 3 heteroatoms. The van der Waals surface area contributed by atoms with Crippen molar-refractivity contribution in [1.29, 1.82) is 0 Å². The second-order valence-electron chi connectivity index (χ2n) is 2.60. The van der Waals surface area contributed by atoms with Gasteiger partial charge in [0.15, 0.2) is 0 Å². The number of hydrogen-bond donors (Lipinski definition) is 1. The molecular formula is C11H19IN2. The Hall–Kier alpha value is -0.420. The first kappa shape index (κ1) is 16.0. The predicted octanol–water partition coefficient (Wildman–Crippen LogP) is 3.09. The number of nitrogens with two attached hydrogens (primary N) is 1. The number of pyridine rings is 1. The van der Waals surface area contributed by atoms with Crippen molar-refractivity contribution >= 4 is 30.1 Å². The third-order valence-corrected chi connectivity index (χ3v) is 1.45. The predicted molar refractivity (Wildman–Crippen MR) is 73.7 cm³/mol. The van der Waals surface area contributed by atoms with E-state index in [1.165, 1.54) is 12.8 Å². The van der Waals surface area contributed by atoms with E-state index in [2.05, 4.69) is 18.5 Å². The van der Waals surface area contributed by atoms with E-state index in [0.717, 1.165) is 12.2 Å². The monoisotopic (exact) mass is 306 g/mol. The lowest BCUT2D eigenvalue weighted by atomic mass is 10.3. The molecule has 0 radical (unpaired) electrons. The van der Waals surface area contributed by atoms with Crippen molar-refractivity contribution in [3.63, 3.8) is 0 Å². The van der Waals surface area contributed by atoms with Crippen molar-refractivity contribution in [2.75, 3.05) is 6.54 Å². The lowest BCUT2D eigenvalue weighted by Crippen LogP contribution is -1.95. The van der Waals surface area contributed by atoms with Crippen LogP contribution in [0.3, 0.4) is 0 Å². The highest BCUT2D eigenvalue weighted by Gasteiger charge is 1.77. The van der Waals surface area contributed by atoms with Crippen LogP contribution in [0.5, 0.6) is 0 Å². The lowest BCUT2D eigenvalue weighted by Gasteiger charge is -1.84. The van der Waals surface area contributed by atoms with Crippen molar-refractivity contribution in [3.8, 4) is 0 Å². The van der Waals surface area contributed by atoms with Crippen LogP contribution in [0.25, 0.3) is 6.08 Å². The molecule has 0 aliphatic heterocycles. The zero-order valence-electron chi connectivity index (χ0n) is 8.65. The standard InChI is InChI=1S/C7H7N.C4H11N.HI/c1-2-7-5-3-4-6-8-7;1-2-3-4-5;/h2-6H,1H2;2-5H2,1H3;1H. The molecular weight excluding hydrogens is 287 g/mol. The first-order valence-electron chi connectivity index (χ1n) is 4.58. The van der Waals surface area contributed by atoms with Crippen LogP contribution in [0.4, 0.5) is 0 Å². The van der Waals surface area contributed by atoms with E-state index in [1.54, 1.807) is 12.3 Å². The molecule has 1 rings (SSSR count). The molecule has 0 unspecified atom stereocenters. The molecule has 1 aromatic rings. The highest BCUT2D eigenvalue weighted by atomic mass is 127. The van der Waals surface area contributed by atoms with Gasteiger partial charge in [0, 0.05) is 6.20 Å². The number of halogens is 1. The molecule has 0 spiro atoms. The highest BCUT2D eigenvalue weighted by Crippen LogP contribution is 1.91. The summed E-state index contributed by atoms with van der Waals surface area (Å²) in [6.45, 7) is 6.54. The Morgan fingerprint density at radius 1 is 1.50 bits per heavy atom.